The number of amides is 1. The second-order valence-electron chi connectivity index (χ2n) is 7.44. The average molecular weight is 505 g/mol. The summed E-state index contributed by atoms with van der Waals surface area (Å²) in [6.45, 7) is 0.498. The molecule has 3 rings (SSSR count). The normalized spacial score (nSPS) is 10.8. The Hall–Kier alpha value is -2.94. The summed E-state index contributed by atoms with van der Waals surface area (Å²) in [6, 6.07) is 8.33. The van der Waals surface area contributed by atoms with Crippen LogP contribution in [0.5, 0.6) is 11.5 Å². The second-order valence-corrected chi connectivity index (χ2v) is 8.35. The quantitative estimate of drug-likeness (QED) is 0.377. The molecule has 0 aliphatic heterocycles. The van der Waals surface area contributed by atoms with E-state index < -0.39 is 5.82 Å². The monoisotopic (exact) mass is 504 g/mol. The molecule has 0 unspecified atom stereocenters. The SMILES string of the molecule is COc1cc2c(Nc3ccc(Br)cc3F)ncnc2cc1OCCCCCC(=O)N(C)C. The number of hydrogen-bond acceptors (Lipinski definition) is 6. The number of aromatic nitrogens is 2. The largest absolute Gasteiger partial charge is 0.493 e. The standard InChI is InChI=1S/C23H26BrFN4O3/c1-29(2)22(30)7-5-4-6-10-32-21-13-19-16(12-20(21)31-3)23(27-14-26-19)28-18-9-8-15(24)11-17(18)25/h8-9,11-14H,4-7,10H2,1-3H3,(H,26,27,28). The topological polar surface area (TPSA) is 76.6 Å². The highest BCUT2D eigenvalue weighted by Crippen LogP contribution is 2.35. The molecule has 0 fully saturated rings. The van der Waals surface area contributed by atoms with Gasteiger partial charge in [-0.2, -0.15) is 0 Å². The number of anilines is 2. The maximum Gasteiger partial charge on any atom is 0.222 e. The smallest absolute Gasteiger partial charge is 0.222 e. The van der Waals surface area contributed by atoms with Crippen molar-refractivity contribution < 1.29 is 18.7 Å². The Labute approximate surface area is 195 Å². The van der Waals surface area contributed by atoms with Gasteiger partial charge in [-0.1, -0.05) is 15.9 Å². The fourth-order valence-corrected chi connectivity index (χ4v) is 3.45. The summed E-state index contributed by atoms with van der Waals surface area (Å²) < 4.78 is 26.3. The van der Waals surface area contributed by atoms with Crippen molar-refractivity contribution in [1.29, 1.82) is 0 Å². The number of carbonyl (C=O) groups excluding carboxylic acids is 1. The molecule has 0 aliphatic carbocycles. The Bertz CT molecular complexity index is 1090. The maximum atomic E-state index is 14.3. The lowest BCUT2D eigenvalue weighted by atomic mass is 10.2. The first-order chi connectivity index (χ1) is 15.4. The van der Waals surface area contributed by atoms with E-state index in [1.165, 1.54) is 12.4 Å². The van der Waals surface area contributed by atoms with Crippen molar-refractivity contribution in [3.63, 3.8) is 0 Å². The van der Waals surface area contributed by atoms with E-state index >= 15 is 0 Å². The average Bonchev–Trinajstić information content (AvgIpc) is 2.77. The Balaban J connectivity index is 1.69. The van der Waals surface area contributed by atoms with Crippen LogP contribution in [0.2, 0.25) is 0 Å². The number of benzene rings is 2. The fraction of sp³-hybridized carbons (Fsp3) is 0.348. The van der Waals surface area contributed by atoms with Crippen molar-refractivity contribution in [2.45, 2.75) is 25.7 Å². The van der Waals surface area contributed by atoms with Crippen molar-refractivity contribution >= 4 is 44.2 Å². The van der Waals surface area contributed by atoms with E-state index in [2.05, 4.69) is 31.2 Å². The summed E-state index contributed by atoms with van der Waals surface area (Å²) in [5, 5.41) is 3.70. The van der Waals surface area contributed by atoms with Gasteiger partial charge in [0.2, 0.25) is 5.91 Å². The predicted molar refractivity (Wildman–Crippen MR) is 126 cm³/mol. The summed E-state index contributed by atoms with van der Waals surface area (Å²) in [6.07, 6.45) is 4.49. The molecule has 0 saturated heterocycles. The van der Waals surface area contributed by atoms with Crippen LogP contribution in [0.25, 0.3) is 10.9 Å². The minimum atomic E-state index is -0.398. The van der Waals surface area contributed by atoms with E-state index in [1.54, 1.807) is 50.4 Å². The number of fused-ring (bicyclic) bond motifs is 1. The van der Waals surface area contributed by atoms with Crippen LogP contribution < -0.4 is 14.8 Å². The minimum Gasteiger partial charge on any atom is -0.493 e. The van der Waals surface area contributed by atoms with Gasteiger partial charge in [0.1, 0.15) is 18.0 Å². The molecule has 0 bridgehead atoms. The molecule has 7 nitrogen and oxygen atoms in total. The Morgan fingerprint density at radius 1 is 1.12 bits per heavy atom. The molecule has 170 valence electrons. The predicted octanol–water partition coefficient (Wildman–Crippen LogP) is 5.31. The molecule has 9 heteroatoms. The Kier molecular flexibility index (Phi) is 8.21. The molecule has 1 heterocycles. The molecule has 32 heavy (non-hydrogen) atoms. The lowest BCUT2D eigenvalue weighted by Gasteiger charge is -2.14. The van der Waals surface area contributed by atoms with E-state index in [-0.39, 0.29) is 5.91 Å². The van der Waals surface area contributed by atoms with Gasteiger partial charge in [-0.25, -0.2) is 14.4 Å². The zero-order valence-electron chi connectivity index (χ0n) is 18.3. The van der Waals surface area contributed by atoms with Gasteiger partial charge in [0.25, 0.3) is 0 Å². The number of carbonyl (C=O) groups is 1. The van der Waals surface area contributed by atoms with Crippen molar-refractivity contribution in [3.05, 3.63) is 46.9 Å². The van der Waals surface area contributed by atoms with Crippen LogP contribution in [-0.4, -0.2) is 48.6 Å². The van der Waals surface area contributed by atoms with Crippen LogP contribution in [0.3, 0.4) is 0 Å². The van der Waals surface area contributed by atoms with Crippen molar-refractivity contribution in [1.82, 2.24) is 14.9 Å². The Morgan fingerprint density at radius 3 is 2.66 bits per heavy atom. The van der Waals surface area contributed by atoms with E-state index in [0.717, 1.165) is 19.3 Å². The highest BCUT2D eigenvalue weighted by Gasteiger charge is 2.13. The molecule has 3 aromatic rings. The first-order valence-electron chi connectivity index (χ1n) is 10.3. The molecule has 1 amide bonds. The summed E-state index contributed by atoms with van der Waals surface area (Å²) in [7, 11) is 5.08. The molecular formula is C23H26BrFN4O3. The first-order valence-corrected chi connectivity index (χ1v) is 11.1. The molecular weight excluding hydrogens is 479 g/mol. The van der Waals surface area contributed by atoms with Gasteiger partial charge in [0.15, 0.2) is 11.5 Å². The first kappa shape index (κ1) is 23.7. The van der Waals surface area contributed by atoms with Gasteiger partial charge in [-0.05, 0) is 43.5 Å². The van der Waals surface area contributed by atoms with Gasteiger partial charge in [-0.3, -0.25) is 4.79 Å². The highest BCUT2D eigenvalue weighted by atomic mass is 79.9. The zero-order chi connectivity index (χ0) is 23.1. The van der Waals surface area contributed by atoms with Gasteiger partial charge < -0.3 is 19.7 Å². The van der Waals surface area contributed by atoms with Crippen LogP contribution in [-0.2, 0) is 4.79 Å². The van der Waals surface area contributed by atoms with Crippen LogP contribution in [0, 0.1) is 5.82 Å². The molecule has 0 radical (unpaired) electrons. The number of rotatable bonds is 10. The lowest BCUT2D eigenvalue weighted by molar-refractivity contribution is -0.128. The van der Waals surface area contributed by atoms with Crippen molar-refractivity contribution in [2.24, 2.45) is 0 Å². The molecule has 0 saturated carbocycles. The highest BCUT2D eigenvalue weighted by molar-refractivity contribution is 9.10. The van der Waals surface area contributed by atoms with E-state index in [9.17, 15) is 9.18 Å². The van der Waals surface area contributed by atoms with E-state index in [4.69, 9.17) is 9.47 Å². The number of hydrogen-bond donors (Lipinski definition) is 1. The van der Waals surface area contributed by atoms with Gasteiger partial charge in [-0.15, -0.1) is 0 Å². The molecule has 2 aromatic carbocycles. The van der Waals surface area contributed by atoms with E-state index in [0.29, 0.717) is 51.4 Å². The third-order valence-electron chi connectivity index (χ3n) is 4.90. The molecule has 0 spiro atoms. The maximum absolute atomic E-state index is 14.3. The van der Waals surface area contributed by atoms with Gasteiger partial charge >= 0.3 is 0 Å². The summed E-state index contributed by atoms with van der Waals surface area (Å²) >= 11 is 3.25. The van der Waals surface area contributed by atoms with Crippen LogP contribution in [0.1, 0.15) is 25.7 Å². The van der Waals surface area contributed by atoms with Crippen LogP contribution in [0.15, 0.2) is 41.1 Å². The number of nitrogens with zero attached hydrogens (tertiary/aromatic N) is 3. The fourth-order valence-electron chi connectivity index (χ4n) is 3.12. The number of nitrogens with one attached hydrogen (secondary N) is 1. The number of halogens is 2. The molecule has 1 N–H and O–H groups in total. The molecule has 1 aromatic heterocycles. The van der Waals surface area contributed by atoms with Crippen molar-refractivity contribution in [2.75, 3.05) is 33.1 Å². The van der Waals surface area contributed by atoms with E-state index in [1.807, 2.05) is 0 Å². The summed E-state index contributed by atoms with van der Waals surface area (Å²) in [5.74, 6) is 1.31. The summed E-state index contributed by atoms with van der Waals surface area (Å²) in [4.78, 5) is 21.8. The molecule has 0 aliphatic rings. The Morgan fingerprint density at radius 2 is 1.94 bits per heavy atom. The van der Waals surface area contributed by atoms with Crippen LogP contribution in [0.4, 0.5) is 15.9 Å². The van der Waals surface area contributed by atoms with Gasteiger partial charge in [0, 0.05) is 36.4 Å². The molecule has 0 atom stereocenters. The lowest BCUT2D eigenvalue weighted by Crippen LogP contribution is -2.21. The second kappa shape index (κ2) is 11.1. The zero-order valence-corrected chi connectivity index (χ0v) is 19.9. The summed E-state index contributed by atoms with van der Waals surface area (Å²) in [5.41, 5.74) is 0.952. The number of unbranched alkanes of at least 4 members (excludes halogenated alkanes) is 2. The van der Waals surface area contributed by atoms with Crippen molar-refractivity contribution in [3.8, 4) is 11.5 Å². The third-order valence-corrected chi connectivity index (χ3v) is 5.39. The number of ether oxygens (including phenoxy) is 2. The number of methoxy groups -OCH3 is 1. The van der Waals surface area contributed by atoms with Crippen LogP contribution >= 0.6 is 15.9 Å². The minimum absolute atomic E-state index is 0.134. The van der Waals surface area contributed by atoms with Gasteiger partial charge in [0.05, 0.1) is 24.9 Å². The third kappa shape index (κ3) is 6.06.